The van der Waals surface area contributed by atoms with Crippen LogP contribution >= 0.6 is 0 Å². The zero-order chi connectivity index (χ0) is 11.7. The maximum Gasteiger partial charge on any atom is 0.0388 e. The maximum atomic E-state index is 3.70. The lowest BCUT2D eigenvalue weighted by Crippen LogP contribution is -2.39. The van der Waals surface area contributed by atoms with E-state index in [4.69, 9.17) is 0 Å². The van der Waals surface area contributed by atoms with E-state index in [1.54, 1.807) is 11.1 Å². The molecule has 1 unspecified atom stereocenters. The number of nitrogens with one attached hydrogen (secondary N) is 1. The molecule has 0 bridgehead atoms. The summed E-state index contributed by atoms with van der Waals surface area (Å²) in [6.07, 6.45) is 6.52. The van der Waals surface area contributed by atoms with E-state index >= 15 is 0 Å². The third-order valence-electron chi connectivity index (χ3n) is 4.09. The molecule has 2 aliphatic rings. The molecule has 1 aliphatic carbocycles. The predicted molar refractivity (Wildman–Crippen MR) is 72.6 cm³/mol. The Morgan fingerprint density at radius 1 is 1.18 bits per heavy atom. The van der Waals surface area contributed by atoms with Crippen LogP contribution in [-0.2, 0) is 12.8 Å². The van der Waals surface area contributed by atoms with Gasteiger partial charge >= 0.3 is 0 Å². The first kappa shape index (κ1) is 11.1. The minimum absolute atomic E-state index is 0.633. The molecule has 0 aromatic heterocycles. The molecule has 0 radical (unpaired) electrons. The monoisotopic (exact) mass is 230 g/mol. The molecule has 1 aromatic carbocycles. The largest absolute Gasteiger partial charge is 0.381 e. The van der Waals surface area contributed by atoms with Crippen LogP contribution in [0.4, 0.5) is 5.69 Å². The van der Waals surface area contributed by atoms with E-state index in [1.165, 1.54) is 50.9 Å². The predicted octanol–water partition coefficient (Wildman–Crippen LogP) is 2.68. The Morgan fingerprint density at radius 2 is 2.06 bits per heavy atom. The molecule has 1 atom stereocenters. The van der Waals surface area contributed by atoms with Gasteiger partial charge in [-0.15, -0.1) is 0 Å². The van der Waals surface area contributed by atoms with Crippen molar-refractivity contribution in [3.8, 4) is 0 Å². The smallest absolute Gasteiger partial charge is 0.0388 e. The SMILES string of the molecule is CN1CCCC(Nc2ccc3c(c2)CCC3)C1. The molecule has 0 saturated carbocycles. The third-order valence-corrected chi connectivity index (χ3v) is 4.09. The lowest BCUT2D eigenvalue weighted by molar-refractivity contribution is 0.261. The van der Waals surface area contributed by atoms with Crippen molar-refractivity contribution < 1.29 is 0 Å². The second kappa shape index (κ2) is 4.69. The molecule has 2 nitrogen and oxygen atoms in total. The fourth-order valence-corrected chi connectivity index (χ4v) is 3.18. The highest BCUT2D eigenvalue weighted by Gasteiger charge is 2.17. The van der Waals surface area contributed by atoms with Crippen LogP contribution < -0.4 is 5.32 Å². The Kier molecular flexibility index (Phi) is 3.06. The topological polar surface area (TPSA) is 15.3 Å². The van der Waals surface area contributed by atoms with E-state index in [9.17, 15) is 0 Å². The summed E-state index contributed by atoms with van der Waals surface area (Å²) in [5.74, 6) is 0. The Morgan fingerprint density at radius 3 is 2.94 bits per heavy atom. The summed E-state index contributed by atoms with van der Waals surface area (Å²) >= 11 is 0. The minimum atomic E-state index is 0.633. The van der Waals surface area contributed by atoms with E-state index in [-0.39, 0.29) is 0 Å². The first-order valence-corrected chi connectivity index (χ1v) is 6.88. The highest BCUT2D eigenvalue weighted by atomic mass is 15.1. The van der Waals surface area contributed by atoms with Gasteiger partial charge in [-0.25, -0.2) is 0 Å². The van der Waals surface area contributed by atoms with Crippen molar-refractivity contribution in [3.63, 3.8) is 0 Å². The molecule has 3 rings (SSSR count). The number of rotatable bonds is 2. The Balaban J connectivity index is 1.68. The summed E-state index contributed by atoms with van der Waals surface area (Å²) in [4.78, 5) is 2.43. The van der Waals surface area contributed by atoms with E-state index in [1.807, 2.05) is 0 Å². The quantitative estimate of drug-likeness (QED) is 0.840. The number of hydrogen-bond acceptors (Lipinski definition) is 2. The fraction of sp³-hybridized carbons (Fsp3) is 0.600. The number of benzene rings is 1. The van der Waals surface area contributed by atoms with Gasteiger partial charge in [0.25, 0.3) is 0 Å². The van der Waals surface area contributed by atoms with Gasteiger partial charge in [-0.2, -0.15) is 0 Å². The van der Waals surface area contributed by atoms with Gasteiger partial charge in [-0.1, -0.05) is 6.07 Å². The molecule has 17 heavy (non-hydrogen) atoms. The van der Waals surface area contributed by atoms with Gasteiger partial charge in [0.05, 0.1) is 0 Å². The Hall–Kier alpha value is -1.02. The zero-order valence-electron chi connectivity index (χ0n) is 10.7. The molecule has 1 fully saturated rings. The number of piperidine rings is 1. The van der Waals surface area contributed by atoms with E-state index in [2.05, 4.69) is 35.5 Å². The van der Waals surface area contributed by atoms with Gasteiger partial charge in [-0.3, -0.25) is 0 Å². The second-order valence-electron chi connectivity index (χ2n) is 5.58. The van der Waals surface area contributed by atoms with Crippen molar-refractivity contribution in [1.82, 2.24) is 4.90 Å². The number of fused-ring (bicyclic) bond motifs is 1. The third kappa shape index (κ3) is 2.47. The summed E-state index contributed by atoms with van der Waals surface area (Å²) < 4.78 is 0. The normalized spacial score (nSPS) is 24.6. The molecule has 2 heteroatoms. The summed E-state index contributed by atoms with van der Waals surface area (Å²) in [5.41, 5.74) is 4.46. The fourth-order valence-electron chi connectivity index (χ4n) is 3.18. The van der Waals surface area contributed by atoms with Crippen LogP contribution in [0.15, 0.2) is 18.2 Å². The van der Waals surface area contributed by atoms with Gasteiger partial charge < -0.3 is 10.2 Å². The maximum absolute atomic E-state index is 3.70. The van der Waals surface area contributed by atoms with Crippen molar-refractivity contribution in [2.24, 2.45) is 0 Å². The Labute approximate surface area is 104 Å². The van der Waals surface area contributed by atoms with Crippen LogP contribution in [0, 0.1) is 0 Å². The van der Waals surface area contributed by atoms with Gasteiger partial charge in [-0.05, 0) is 69.0 Å². The first-order chi connectivity index (χ1) is 8.31. The second-order valence-corrected chi connectivity index (χ2v) is 5.58. The van der Waals surface area contributed by atoms with Crippen LogP contribution in [0.1, 0.15) is 30.4 Å². The molecule has 1 N–H and O–H groups in total. The van der Waals surface area contributed by atoms with Gasteiger partial charge in [0.15, 0.2) is 0 Å². The molecule has 1 aliphatic heterocycles. The molecular formula is C15H22N2. The van der Waals surface area contributed by atoms with E-state index < -0.39 is 0 Å². The molecule has 1 saturated heterocycles. The number of aryl methyl sites for hydroxylation is 2. The van der Waals surface area contributed by atoms with Crippen molar-refractivity contribution in [2.75, 3.05) is 25.5 Å². The number of hydrogen-bond donors (Lipinski definition) is 1. The average molecular weight is 230 g/mol. The summed E-state index contributed by atoms with van der Waals surface area (Å²) in [6.45, 7) is 2.43. The highest BCUT2D eigenvalue weighted by Crippen LogP contribution is 2.25. The van der Waals surface area contributed by atoms with E-state index in [0.717, 1.165) is 0 Å². The summed E-state index contributed by atoms with van der Waals surface area (Å²) in [7, 11) is 2.22. The summed E-state index contributed by atoms with van der Waals surface area (Å²) in [6, 6.07) is 7.58. The Bertz CT molecular complexity index is 400. The van der Waals surface area contributed by atoms with Gasteiger partial charge in [0, 0.05) is 18.3 Å². The van der Waals surface area contributed by atoms with Crippen molar-refractivity contribution in [1.29, 1.82) is 0 Å². The van der Waals surface area contributed by atoms with Gasteiger partial charge in [0.2, 0.25) is 0 Å². The lowest BCUT2D eigenvalue weighted by Gasteiger charge is -2.31. The van der Waals surface area contributed by atoms with E-state index in [0.29, 0.717) is 6.04 Å². The van der Waals surface area contributed by atoms with Crippen LogP contribution in [0.25, 0.3) is 0 Å². The number of anilines is 1. The van der Waals surface area contributed by atoms with Crippen molar-refractivity contribution in [3.05, 3.63) is 29.3 Å². The van der Waals surface area contributed by atoms with Gasteiger partial charge in [0.1, 0.15) is 0 Å². The summed E-state index contributed by atoms with van der Waals surface area (Å²) in [5, 5.41) is 3.70. The first-order valence-electron chi connectivity index (χ1n) is 6.88. The average Bonchev–Trinajstić information content (AvgIpc) is 2.76. The molecule has 92 valence electrons. The molecule has 1 aromatic rings. The van der Waals surface area contributed by atoms with Crippen LogP contribution in [-0.4, -0.2) is 31.1 Å². The molecule has 0 amide bonds. The number of likely N-dealkylation sites (tertiary alicyclic amines) is 1. The van der Waals surface area contributed by atoms with Crippen molar-refractivity contribution in [2.45, 2.75) is 38.1 Å². The minimum Gasteiger partial charge on any atom is -0.381 e. The number of nitrogens with zero attached hydrogens (tertiary/aromatic N) is 1. The van der Waals surface area contributed by atoms with Crippen LogP contribution in [0.2, 0.25) is 0 Å². The van der Waals surface area contributed by atoms with Crippen molar-refractivity contribution >= 4 is 5.69 Å². The lowest BCUT2D eigenvalue weighted by atomic mass is 10.0. The zero-order valence-corrected chi connectivity index (χ0v) is 10.7. The molecular weight excluding hydrogens is 208 g/mol. The van der Waals surface area contributed by atoms with Crippen LogP contribution in [0.5, 0.6) is 0 Å². The highest BCUT2D eigenvalue weighted by molar-refractivity contribution is 5.50. The molecule has 1 heterocycles. The van der Waals surface area contributed by atoms with Crippen LogP contribution in [0.3, 0.4) is 0 Å². The standard InChI is InChI=1S/C15H22N2/c1-17-9-3-6-15(11-17)16-14-8-7-12-4-2-5-13(12)10-14/h7-8,10,15-16H,2-6,9,11H2,1H3. The molecule has 0 spiro atoms. The number of likely N-dealkylation sites (N-methyl/N-ethyl adjacent to an activating group) is 1.